The summed E-state index contributed by atoms with van der Waals surface area (Å²) >= 11 is 0. The first-order valence-electron chi connectivity index (χ1n) is 11.2. The Balaban J connectivity index is 0.00000117. The van der Waals surface area contributed by atoms with Crippen molar-refractivity contribution in [1.29, 1.82) is 0 Å². The maximum absolute atomic E-state index is 6.40. The van der Waals surface area contributed by atoms with Crippen LogP contribution in [0.25, 0.3) is 0 Å². The number of hydrogen-bond acceptors (Lipinski definition) is 5. The van der Waals surface area contributed by atoms with Gasteiger partial charge in [-0.05, 0) is 65.1 Å². The van der Waals surface area contributed by atoms with Gasteiger partial charge >= 0.3 is 0 Å². The summed E-state index contributed by atoms with van der Waals surface area (Å²) in [6, 6.07) is 0. The van der Waals surface area contributed by atoms with E-state index in [0.29, 0.717) is 12.2 Å². The summed E-state index contributed by atoms with van der Waals surface area (Å²) in [5, 5.41) is 3.30. The molecule has 0 aliphatic carbocycles. The van der Waals surface area contributed by atoms with Crippen LogP contribution in [-0.2, 0) is 4.74 Å². The Labute approximate surface area is 162 Å². The van der Waals surface area contributed by atoms with Gasteiger partial charge < -0.3 is 19.9 Å². The molecule has 3 saturated heterocycles. The van der Waals surface area contributed by atoms with E-state index in [1.165, 1.54) is 84.3 Å². The van der Waals surface area contributed by atoms with Crippen molar-refractivity contribution in [3.05, 3.63) is 0 Å². The van der Waals surface area contributed by atoms with Crippen LogP contribution in [0.4, 0.5) is 0 Å². The van der Waals surface area contributed by atoms with Crippen LogP contribution >= 0.6 is 0 Å². The number of ether oxygens (including phenoxy) is 1. The summed E-state index contributed by atoms with van der Waals surface area (Å²) in [7, 11) is 4.27. The molecule has 0 saturated carbocycles. The molecule has 0 aromatic rings. The fourth-order valence-electron chi connectivity index (χ4n) is 4.65. The lowest BCUT2D eigenvalue weighted by molar-refractivity contribution is -0.0646. The van der Waals surface area contributed by atoms with Crippen molar-refractivity contribution in [3.8, 4) is 0 Å². The van der Waals surface area contributed by atoms with E-state index < -0.39 is 0 Å². The van der Waals surface area contributed by atoms with Gasteiger partial charge in [-0.15, -0.1) is 0 Å². The Kier molecular flexibility index (Phi) is 10.4. The van der Waals surface area contributed by atoms with Crippen molar-refractivity contribution < 1.29 is 4.74 Å². The van der Waals surface area contributed by atoms with Crippen LogP contribution in [-0.4, -0.2) is 93.5 Å². The molecular weight excluding hydrogens is 324 g/mol. The molecule has 5 nitrogen and oxygen atoms in total. The number of nitrogens with zero attached hydrogens (tertiary/aromatic N) is 3. The number of rotatable bonds is 6. The van der Waals surface area contributed by atoms with Crippen LogP contribution in [0.2, 0.25) is 0 Å². The topological polar surface area (TPSA) is 31.0 Å². The van der Waals surface area contributed by atoms with Crippen molar-refractivity contribution in [2.24, 2.45) is 5.92 Å². The fraction of sp³-hybridized carbons (Fsp3) is 1.00. The van der Waals surface area contributed by atoms with Crippen LogP contribution in [0, 0.1) is 5.92 Å². The van der Waals surface area contributed by atoms with Crippen molar-refractivity contribution in [1.82, 2.24) is 20.0 Å². The summed E-state index contributed by atoms with van der Waals surface area (Å²) in [4.78, 5) is 7.69. The quantitative estimate of drug-likeness (QED) is 0.778. The molecule has 3 aliphatic rings. The fourth-order valence-corrected chi connectivity index (χ4v) is 4.65. The smallest absolute Gasteiger partial charge is 0.0603 e. The molecule has 0 bridgehead atoms. The first-order chi connectivity index (χ1) is 12.7. The van der Waals surface area contributed by atoms with E-state index in [0.717, 1.165) is 12.6 Å². The molecule has 0 radical (unpaired) electrons. The standard InChI is InChI=1S/C19H38N4O.C2H6/c1-20-16-23-9-3-4-17(15-23)14-22-12-7-19(8-13-22)24-18-5-10-21(2)11-6-18;1-2/h17-20H,3-16H2,1-2H3;1-2H3. The second-order valence-corrected chi connectivity index (χ2v) is 8.24. The van der Waals surface area contributed by atoms with E-state index in [1.54, 1.807) is 0 Å². The zero-order valence-corrected chi connectivity index (χ0v) is 17.9. The van der Waals surface area contributed by atoms with Gasteiger partial charge in [-0.25, -0.2) is 0 Å². The lowest BCUT2D eigenvalue weighted by atomic mass is 9.96. The van der Waals surface area contributed by atoms with E-state index in [9.17, 15) is 0 Å². The van der Waals surface area contributed by atoms with Gasteiger partial charge in [0.15, 0.2) is 0 Å². The molecule has 3 heterocycles. The maximum atomic E-state index is 6.40. The van der Waals surface area contributed by atoms with Crippen LogP contribution in [0.15, 0.2) is 0 Å². The summed E-state index contributed by atoms with van der Waals surface area (Å²) in [6.07, 6.45) is 8.72. The maximum Gasteiger partial charge on any atom is 0.0603 e. The lowest BCUT2D eigenvalue weighted by Crippen LogP contribution is -2.46. The average molecular weight is 369 g/mol. The normalized spacial score (nSPS) is 27.9. The molecule has 26 heavy (non-hydrogen) atoms. The molecule has 0 amide bonds. The van der Waals surface area contributed by atoms with E-state index in [2.05, 4.69) is 34.1 Å². The zero-order chi connectivity index (χ0) is 18.8. The average Bonchev–Trinajstić information content (AvgIpc) is 2.67. The molecular formula is C21H44N4O. The number of piperidine rings is 3. The van der Waals surface area contributed by atoms with E-state index in [4.69, 9.17) is 4.74 Å². The number of likely N-dealkylation sites (tertiary alicyclic amines) is 3. The third kappa shape index (κ3) is 7.43. The van der Waals surface area contributed by atoms with Crippen molar-refractivity contribution in [2.45, 2.75) is 64.6 Å². The van der Waals surface area contributed by atoms with Crippen LogP contribution < -0.4 is 5.32 Å². The van der Waals surface area contributed by atoms with Gasteiger partial charge in [-0.3, -0.25) is 4.90 Å². The Morgan fingerprint density at radius 2 is 1.46 bits per heavy atom. The third-order valence-corrected chi connectivity index (χ3v) is 6.09. The highest BCUT2D eigenvalue weighted by atomic mass is 16.5. The van der Waals surface area contributed by atoms with E-state index >= 15 is 0 Å². The second kappa shape index (κ2) is 12.3. The monoisotopic (exact) mass is 368 g/mol. The van der Waals surface area contributed by atoms with E-state index in [-0.39, 0.29) is 0 Å². The molecule has 5 heteroatoms. The van der Waals surface area contributed by atoms with Crippen molar-refractivity contribution in [2.75, 3.05) is 66.6 Å². The highest BCUT2D eigenvalue weighted by molar-refractivity contribution is 4.80. The Hall–Kier alpha value is -0.200. The molecule has 3 rings (SSSR count). The second-order valence-electron chi connectivity index (χ2n) is 8.24. The SMILES string of the molecule is CC.CNCN1CCCC(CN2CCC(OC3CCN(C)CC3)CC2)C1. The first kappa shape index (κ1) is 22.1. The van der Waals surface area contributed by atoms with Gasteiger partial charge in [0, 0.05) is 45.9 Å². The highest BCUT2D eigenvalue weighted by Gasteiger charge is 2.27. The predicted octanol–water partition coefficient (Wildman–Crippen LogP) is 2.48. The summed E-state index contributed by atoms with van der Waals surface area (Å²) < 4.78 is 6.40. The molecule has 1 atom stereocenters. The summed E-state index contributed by atoms with van der Waals surface area (Å²) in [6.45, 7) is 13.8. The van der Waals surface area contributed by atoms with Gasteiger partial charge in [0.2, 0.25) is 0 Å². The molecule has 3 aliphatic heterocycles. The Bertz CT molecular complexity index is 350. The molecule has 1 unspecified atom stereocenters. The third-order valence-electron chi connectivity index (χ3n) is 6.09. The largest absolute Gasteiger partial charge is 0.375 e. The van der Waals surface area contributed by atoms with Crippen molar-refractivity contribution >= 4 is 0 Å². The molecule has 0 aromatic carbocycles. The minimum absolute atomic E-state index is 0.516. The predicted molar refractivity (Wildman–Crippen MR) is 111 cm³/mol. The minimum Gasteiger partial charge on any atom is -0.375 e. The summed E-state index contributed by atoms with van der Waals surface area (Å²) in [5.41, 5.74) is 0. The van der Waals surface area contributed by atoms with Crippen molar-refractivity contribution in [3.63, 3.8) is 0 Å². The van der Waals surface area contributed by atoms with E-state index in [1.807, 2.05) is 13.8 Å². The number of nitrogens with one attached hydrogen (secondary N) is 1. The molecule has 3 fully saturated rings. The Morgan fingerprint density at radius 3 is 2.08 bits per heavy atom. The van der Waals surface area contributed by atoms with Crippen LogP contribution in [0.3, 0.4) is 0 Å². The number of hydrogen-bond donors (Lipinski definition) is 1. The van der Waals surface area contributed by atoms with Crippen LogP contribution in [0.1, 0.15) is 52.4 Å². The highest BCUT2D eigenvalue weighted by Crippen LogP contribution is 2.23. The molecule has 154 valence electrons. The van der Waals surface area contributed by atoms with Gasteiger partial charge in [0.05, 0.1) is 12.2 Å². The van der Waals surface area contributed by atoms with Gasteiger partial charge in [-0.2, -0.15) is 0 Å². The minimum atomic E-state index is 0.516. The van der Waals surface area contributed by atoms with Crippen LogP contribution in [0.5, 0.6) is 0 Å². The first-order valence-corrected chi connectivity index (χ1v) is 11.2. The Morgan fingerprint density at radius 1 is 0.846 bits per heavy atom. The van der Waals surface area contributed by atoms with Gasteiger partial charge in [0.25, 0.3) is 0 Å². The van der Waals surface area contributed by atoms with Gasteiger partial charge in [-0.1, -0.05) is 13.8 Å². The zero-order valence-electron chi connectivity index (χ0n) is 17.9. The molecule has 0 spiro atoms. The van der Waals surface area contributed by atoms with Gasteiger partial charge in [0.1, 0.15) is 0 Å². The molecule has 0 aromatic heterocycles. The molecule has 1 N–H and O–H groups in total. The lowest BCUT2D eigenvalue weighted by Gasteiger charge is -2.39. The summed E-state index contributed by atoms with van der Waals surface area (Å²) in [5.74, 6) is 0.860.